The molecule has 0 fully saturated rings. The summed E-state index contributed by atoms with van der Waals surface area (Å²) in [6.07, 6.45) is 4.30. The second-order valence-electron chi connectivity index (χ2n) is 5.82. The first-order chi connectivity index (χ1) is 13.1. The smallest absolute Gasteiger partial charge is 0.320 e. The van der Waals surface area contributed by atoms with Crippen molar-refractivity contribution in [3.05, 3.63) is 54.1 Å². The first kappa shape index (κ1) is 18.4. The van der Waals surface area contributed by atoms with Crippen molar-refractivity contribution < 1.29 is 14.3 Å². The summed E-state index contributed by atoms with van der Waals surface area (Å²) < 4.78 is 12.2. The van der Waals surface area contributed by atoms with Gasteiger partial charge in [-0.2, -0.15) is 9.97 Å². The number of nitrogens with zero attached hydrogens (tertiary/aromatic N) is 4. The highest BCUT2D eigenvalue weighted by Gasteiger charge is 2.10. The minimum atomic E-state index is -0.131. The van der Waals surface area contributed by atoms with Gasteiger partial charge in [-0.1, -0.05) is 12.1 Å². The Morgan fingerprint density at radius 2 is 1.93 bits per heavy atom. The van der Waals surface area contributed by atoms with E-state index in [2.05, 4.69) is 20.3 Å². The van der Waals surface area contributed by atoms with E-state index in [1.807, 2.05) is 29.9 Å². The quantitative estimate of drug-likeness (QED) is 0.685. The van der Waals surface area contributed by atoms with Crippen LogP contribution in [0.2, 0.25) is 0 Å². The van der Waals surface area contributed by atoms with Gasteiger partial charge in [0, 0.05) is 49.6 Å². The van der Waals surface area contributed by atoms with Gasteiger partial charge in [0.1, 0.15) is 5.82 Å². The van der Waals surface area contributed by atoms with Gasteiger partial charge in [-0.15, -0.1) is 0 Å². The summed E-state index contributed by atoms with van der Waals surface area (Å²) in [4.78, 5) is 24.9. The third-order valence-corrected chi connectivity index (χ3v) is 4.07. The molecule has 1 N–H and O–H groups in total. The molecule has 0 radical (unpaired) electrons. The number of hydrogen-bond donors (Lipinski definition) is 1. The number of amides is 1. The van der Waals surface area contributed by atoms with Crippen molar-refractivity contribution in [3.63, 3.8) is 0 Å². The summed E-state index contributed by atoms with van der Waals surface area (Å²) in [6.45, 7) is 0.520. The second kappa shape index (κ2) is 8.31. The van der Waals surface area contributed by atoms with Crippen molar-refractivity contribution in [2.45, 2.75) is 6.42 Å². The van der Waals surface area contributed by atoms with E-state index in [1.165, 1.54) is 14.2 Å². The molecule has 1 aromatic carbocycles. The molecule has 1 amide bonds. The van der Waals surface area contributed by atoms with E-state index in [0.717, 1.165) is 11.4 Å². The number of hydrogen-bond acceptors (Lipinski definition) is 6. The molecular weight excluding hydrogens is 346 g/mol. The zero-order valence-corrected chi connectivity index (χ0v) is 15.5. The maximum absolute atomic E-state index is 12.3. The molecule has 0 aliphatic heterocycles. The lowest BCUT2D eigenvalue weighted by atomic mass is 10.1. The number of imidazole rings is 1. The van der Waals surface area contributed by atoms with E-state index in [0.29, 0.717) is 30.1 Å². The first-order valence-corrected chi connectivity index (χ1v) is 8.42. The Hall–Kier alpha value is -3.42. The van der Waals surface area contributed by atoms with Crippen LogP contribution in [0.4, 0.5) is 0 Å². The molecule has 0 unspecified atom stereocenters. The molecule has 8 heteroatoms. The van der Waals surface area contributed by atoms with E-state index in [1.54, 1.807) is 24.4 Å². The molecule has 0 aliphatic carbocycles. The van der Waals surface area contributed by atoms with Gasteiger partial charge in [-0.25, -0.2) is 4.98 Å². The second-order valence-corrected chi connectivity index (χ2v) is 5.82. The van der Waals surface area contributed by atoms with Crippen LogP contribution in [0.5, 0.6) is 11.9 Å². The zero-order valence-electron chi connectivity index (χ0n) is 15.5. The third-order valence-electron chi connectivity index (χ3n) is 4.07. The summed E-state index contributed by atoms with van der Waals surface area (Å²) in [7, 11) is 4.96. The maximum Gasteiger partial charge on any atom is 0.320 e. The van der Waals surface area contributed by atoms with Crippen molar-refractivity contribution in [1.82, 2.24) is 24.8 Å². The summed E-state index contributed by atoms with van der Waals surface area (Å²) in [6, 6.07) is 9.10. The molecule has 2 aromatic heterocycles. The van der Waals surface area contributed by atoms with Crippen molar-refractivity contribution in [2.75, 3.05) is 20.8 Å². The van der Waals surface area contributed by atoms with E-state index in [9.17, 15) is 4.79 Å². The molecule has 3 rings (SSSR count). The lowest BCUT2D eigenvalue weighted by Gasteiger charge is -2.08. The number of carbonyl (C=O) groups is 1. The molecular formula is C19H21N5O3. The largest absolute Gasteiger partial charge is 0.481 e. The number of aromatic nitrogens is 4. The Labute approximate surface area is 157 Å². The van der Waals surface area contributed by atoms with Crippen LogP contribution >= 0.6 is 0 Å². The Kier molecular flexibility index (Phi) is 5.65. The maximum atomic E-state index is 12.3. The van der Waals surface area contributed by atoms with Gasteiger partial charge >= 0.3 is 6.01 Å². The molecule has 0 spiro atoms. The van der Waals surface area contributed by atoms with Gasteiger partial charge in [0.2, 0.25) is 5.88 Å². The number of carbonyl (C=O) groups excluding carboxylic acids is 1. The average molecular weight is 367 g/mol. The molecule has 8 nitrogen and oxygen atoms in total. The van der Waals surface area contributed by atoms with Gasteiger partial charge in [-0.05, 0) is 12.1 Å². The summed E-state index contributed by atoms with van der Waals surface area (Å²) in [5.41, 5.74) is 2.06. The predicted octanol–water partition coefficient (Wildman–Crippen LogP) is 1.87. The number of rotatable bonds is 7. The molecule has 0 saturated carbocycles. The lowest BCUT2D eigenvalue weighted by Crippen LogP contribution is -2.26. The van der Waals surface area contributed by atoms with Crippen LogP contribution in [0.25, 0.3) is 11.3 Å². The molecule has 0 bridgehead atoms. The molecule has 140 valence electrons. The molecule has 3 aromatic rings. The van der Waals surface area contributed by atoms with Crippen molar-refractivity contribution in [1.29, 1.82) is 0 Å². The molecule has 2 heterocycles. The van der Waals surface area contributed by atoms with E-state index in [4.69, 9.17) is 9.47 Å². The van der Waals surface area contributed by atoms with Gasteiger partial charge in [0.15, 0.2) is 0 Å². The fourth-order valence-electron chi connectivity index (χ4n) is 2.57. The minimum Gasteiger partial charge on any atom is -0.481 e. The van der Waals surface area contributed by atoms with Crippen molar-refractivity contribution >= 4 is 5.91 Å². The zero-order chi connectivity index (χ0) is 19.2. The third kappa shape index (κ3) is 4.41. The number of methoxy groups -OCH3 is 2. The minimum absolute atomic E-state index is 0.131. The summed E-state index contributed by atoms with van der Waals surface area (Å²) in [5.74, 6) is 1.21. The topological polar surface area (TPSA) is 91.2 Å². The van der Waals surface area contributed by atoms with E-state index < -0.39 is 0 Å². The number of aryl methyl sites for hydroxylation is 1. The number of nitrogens with one attached hydrogen (secondary N) is 1. The van der Waals surface area contributed by atoms with Crippen LogP contribution in [0, 0.1) is 0 Å². The monoisotopic (exact) mass is 367 g/mol. The van der Waals surface area contributed by atoms with E-state index in [-0.39, 0.29) is 11.9 Å². The highest BCUT2D eigenvalue weighted by atomic mass is 16.5. The first-order valence-electron chi connectivity index (χ1n) is 8.42. The van der Waals surface area contributed by atoms with Crippen LogP contribution in [0.3, 0.4) is 0 Å². The molecule has 27 heavy (non-hydrogen) atoms. The molecule has 0 saturated heterocycles. The average Bonchev–Trinajstić information content (AvgIpc) is 3.12. The van der Waals surface area contributed by atoms with E-state index >= 15 is 0 Å². The standard InChI is InChI=1S/C19H21N5O3/c1-24-11-10-20-16(24)8-9-21-18(25)14-6-4-13(5-7-14)15-12-17(26-2)23-19(22-15)27-3/h4-7,10-12H,8-9H2,1-3H3,(H,21,25). The SMILES string of the molecule is COc1cc(-c2ccc(C(=O)NCCc3nccn3C)cc2)nc(OC)n1. The summed E-state index contributed by atoms with van der Waals surface area (Å²) in [5, 5.41) is 2.90. The Balaban J connectivity index is 1.66. The highest BCUT2D eigenvalue weighted by Crippen LogP contribution is 2.23. The van der Waals surface area contributed by atoms with Gasteiger partial charge in [0.25, 0.3) is 5.91 Å². The Morgan fingerprint density at radius 3 is 2.56 bits per heavy atom. The fraction of sp³-hybridized carbons (Fsp3) is 0.263. The molecule has 0 aliphatic rings. The normalized spacial score (nSPS) is 10.5. The van der Waals surface area contributed by atoms with Crippen molar-refractivity contribution in [2.24, 2.45) is 7.05 Å². The number of ether oxygens (including phenoxy) is 2. The predicted molar refractivity (Wildman–Crippen MR) is 99.8 cm³/mol. The van der Waals surface area contributed by atoms with Crippen molar-refractivity contribution in [3.8, 4) is 23.1 Å². The van der Waals surface area contributed by atoms with Crippen LogP contribution < -0.4 is 14.8 Å². The highest BCUT2D eigenvalue weighted by molar-refractivity contribution is 5.94. The van der Waals surface area contributed by atoms with Crippen LogP contribution in [-0.2, 0) is 13.5 Å². The number of benzene rings is 1. The Bertz CT molecular complexity index is 899. The fourth-order valence-corrected chi connectivity index (χ4v) is 2.57. The van der Waals surface area contributed by atoms with Gasteiger partial charge < -0.3 is 19.4 Å². The van der Waals surface area contributed by atoms with Gasteiger partial charge in [-0.3, -0.25) is 4.79 Å². The summed E-state index contributed by atoms with van der Waals surface area (Å²) >= 11 is 0. The Morgan fingerprint density at radius 1 is 1.15 bits per heavy atom. The lowest BCUT2D eigenvalue weighted by molar-refractivity contribution is 0.0954. The van der Waals surface area contributed by atoms with Crippen LogP contribution in [0.1, 0.15) is 16.2 Å². The molecule has 0 atom stereocenters. The van der Waals surface area contributed by atoms with Crippen LogP contribution in [0.15, 0.2) is 42.7 Å². The van der Waals surface area contributed by atoms with Crippen LogP contribution in [-0.4, -0.2) is 46.2 Å². The van der Waals surface area contributed by atoms with Gasteiger partial charge in [0.05, 0.1) is 19.9 Å².